The number of aromatic nitrogens is 2. The van der Waals surface area contributed by atoms with Crippen LogP contribution in [0.3, 0.4) is 0 Å². The Morgan fingerprint density at radius 1 is 1.05 bits per heavy atom. The second-order valence-corrected chi connectivity index (χ2v) is 6.24. The van der Waals surface area contributed by atoms with Crippen molar-refractivity contribution in [1.29, 1.82) is 0 Å². The molecule has 19 heavy (non-hydrogen) atoms. The molecule has 0 aliphatic carbocycles. The van der Waals surface area contributed by atoms with Gasteiger partial charge in [0.2, 0.25) is 0 Å². The summed E-state index contributed by atoms with van der Waals surface area (Å²) in [5.41, 5.74) is 0. The van der Waals surface area contributed by atoms with Crippen molar-refractivity contribution in [2.45, 2.75) is 34.6 Å². The third-order valence-corrected chi connectivity index (χ3v) is 4.10. The van der Waals surface area contributed by atoms with Gasteiger partial charge in [0.15, 0.2) is 0 Å². The molecule has 1 heterocycles. The van der Waals surface area contributed by atoms with Crippen LogP contribution in [-0.4, -0.2) is 23.1 Å². The van der Waals surface area contributed by atoms with E-state index in [1.807, 2.05) is 0 Å². The maximum atomic E-state index is 4.30. The van der Waals surface area contributed by atoms with Crippen LogP contribution >= 0.6 is 15.9 Å². The molecule has 0 fully saturated rings. The van der Waals surface area contributed by atoms with Crippen molar-refractivity contribution >= 4 is 27.6 Å². The zero-order chi connectivity index (χ0) is 14.4. The Morgan fingerprint density at radius 3 is 2.05 bits per heavy atom. The van der Waals surface area contributed by atoms with Crippen LogP contribution in [0.4, 0.5) is 11.6 Å². The highest BCUT2D eigenvalue weighted by Gasteiger charge is 2.18. The SMILES string of the molecule is CCNc1ncnc(NCC(C(C)C)C(C)C)c1Br. The monoisotopic (exact) mass is 328 g/mol. The molecule has 5 heteroatoms. The summed E-state index contributed by atoms with van der Waals surface area (Å²) >= 11 is 3.56. The molecular formula is C14H25BrN4. The Balaban J connectivity index is 2.74. The van der Waals surface area contributed by atoms with Gasteiger partial charge in [-0.25, -0.2) is 9.97 Å². The highest BCUT2D eigenvalue weighted by Crippen LogP contribution is 2.28. The summed E-state index contributed by atoms with van der Waals surface area (Å²) in [5, 5.41) is 6.65. The van der Waals surface area contributed by atoms with Crippen LogP contribution < -0.4 is 10.6 Å². The predicted molar refractivity (Wildman–Crippen MR) is 85.6 cm³/mol. The van der Waals surface area contributed by atoms with Crippen LogP contribution in [0, 0.1) is 17.8 Å². The second-order valence-electron chi connectivity index (χ2n) is 5.45. The van der Waals surface area contributed by atoms with Gasteiger partial charge in [-0.15, -0.1) is 0 Å². The van der Waals surface area contributed by atoms with Gasteiger partial charge in [-0.3, -0.25) is 0 Å². The lowest BCUT2D eigenvalue weighted by atomic mass is 9.85. The molecule has 2 N–H and O–H groups in total. The molecule has 0 radical (unpaired) electrons. The Labute approximate surface area is 124 Å². The van der Waals surface area contributed by atoms with Crippen LogP contribution in [0.2, 0.25) is 0 Å². The number of nitrogens with zero attached hydrogens (tertiary/aromatic N) is 2. The van der Waals surface area contributed by atoms with E-state index < -0.39 is 0 Å². The lowest BCUT2D eigenvalue weighted by molar-refractivity contribution is 0.304. The zero-order valence-corrected chi connectivity index (χ0v) is 14.1. The van der Waals surface area contributed by atoms with Crippen LogP contribution in [0.1, 0.15) is 34.6 Å². The zero-order valence-electron chi connectivity index (χ0n) is 12.5. The van der Waals surface area contributed by atoms with Gasteiger partial charge in [-0.2, -0.15) is 0 Å². The first-order valence-electron chi connectivity index (χ1n) is 6.95. The van der Waals surface area contributed by atoms with Gasteiger partial charge < -0.3 is 10.6 Å². The van der Waals surface area contributed by atoms with Crippen LogP contribution in [-0.2, 0) is 0 Å². The fourth-order valence-electron chi connectivity index (χ4n) is 2.24. The first-order valence-corrected chi connectivity index (χ1v) is 7.74. The molecule has 0 aliphatic heterocycles. The van der Waals surface area contributed by atoms with E-state index in [0.29, 0.717) is 17.8 Å². The molecule has 0 atom stereocenters. The van der Waals surface area contributed by atoms with Crippen molar-refractivity contribution < 1.29 is 0 Å². The number of nitrogens with one attached hydrogen (secondary N) is 2. The third kappa shape index (κ3) is 4.64. The number of halogens is 1. The van der Waals surface area contributed by atoms with Gasteiger partial charge in [0.05, 0.1) is 0 Å². The average molecular weight is 329 g/mol. The fourth-order valence-corrected chi connectivity index (χ4v) is 2.72. The van der Waals surface area contributed by atoms with E-state index in [-0.39, 0.29) is 0 Å². The molecule has 1 aromatic heterocycles. The normalized spacial score (nSPS) is 11.4. The Morgan fingerprint density at radius 2 is 1.58 bits per heavy atom. The summed E-state index contributed by atoms with van der Waals surface area (Å²) in [6, 6.07) is 0. The maximum Gasteiger partial charge on any atom is 0.145 e. The summed E-state index contributed by atoms with van der Waals surface area (Å²) < 4.78 is 0.906. The summed E-state index contributed by atoms with van der Waals surface area (Å²) in [6.07, 6.45) is 1.59. The quantitative estimate of drug-likeness (QED) is 0.793. The highest BCUT2D eigenvalue weighted by atomic mass is 79.9. The van der Waals surface area contributed by atoms with E-state index >= 15 is 0 Å². The minimum atomic E-state index is 0.629. The summed E-state index contributed by atoms with van der Waals surface area (Å²) in [7, 11) is 0. The van der Waals surface area contributed by atoms with Crippen molar-refractivity contribution in [3.8, 4) is 0 Å². The Bertz CT molecular complexity index is 385. The van der Waals surface area contributed by atoms with E-state index in [9.17, 15) is 0 Å². The minimum absolute atomic E-state index is 0.629. The van der Waals surface area contributed by atoms with Crippen LogP contribution in [0.15, 0.2) is 10.8 Å². The molecular weight excluding hydrogens is 304 g/mol. The van der Waals surface area contributed by atoms with Crippen molar-refractivity contribution in [2.75, 3.05) is 23.7 Å². The molecule has 0 amide bonds. The molecule has 0 bridgehead atoms. The van der Waals surface area contributed by atoms with Gasteiger partial charge in [-0.1, -0.05) is 27.7 Å². The minimum Gasteiger partial charge on any atom is -0.369 e. The molecule has 0 saturated carbocycles. The first kappa shape index (κ1) is 16.2. The largest absolute Gasteiger partial charge is 0.369 e. The molecule has 1 rings (SSSR count). The third-order valence-electron chi connectivity index (χ3n) is 3.35. The van der Waals surface area contributed by atoms with Gasteiger partial charge in [0.25, 0.3) is 0 Å². The molecule has 0 spiro atoms. The van der Waals surface area contributed by atoms with Crippen LogP contribution in [0.25, 0.3) is 0 Å². The van der Waals surface area contributed by atoms with Gasteiger partial charge in [0, 0.05) is 13.1 Å². The predicted octanol–water partition coefficient (Wildman–Crippen LogP) is 4.01. The number of hydrogen-bond donors (Lipinski definition) is 2. The molecule has 0 aliphatic rings. The molecule has 0 unspecified atom stereocenters. The standard InChI is InChI=1S/C14H25BrN4/c1-6-16-13-12(15)14(19-8-18-13)17-7-11(9(2)3)10(4)5/h8-11H,6-7H2,1-5H3,(H2,16,17,18,19). The van der Waals surface area contributed by atoms with Crippen molar-refractivity contribution in [2.24, 2.45) is 17.8 Å². The Kier molecular flexibility index (Phi) is 6.55. The Hall–Kier alpha value is -0.840. The summed E-state index contributed by atoms with van der Waals surface area (Å²) in [6.45, 7) is 12.9. The summed E-state index contributed by atoms with van der Waals surface area (Å²) in [4.78, 5) is 8.52. The van der Waals surface area contributed by atoms with Crippen LogP contribution in [0.5, 0.6) is 0 Å². The van der Waals surface area contributed by atoms with Crippen molar-refractivity contribution in [3.05, 3.63) is 10.8 Å². The second kappa shape index (κ2) is 7.68. The number of hydrogen-bond acceptors (Lipinski definition) is 4. The number of rotatable bonds is 7. The lowest BCUT2D eigenvalue weighted by Crippen LogP contribution is -2.25. The van der Waals surface area contributed by atoms with Gasteiger partial charge >= 0.3 is 0 Å². The first-order chi connectivity index (χ1) is 8.97. The maximum absolute atomic E-state index is 4.30. The van der Waals surface area contributed by atoms with E-state index in [0.717, 1.165) is 29.2 Å². The molecule has 0 saturated heterocycles. The van der Waals surface area contributed by atoms with Gasteiger partial charge in [-0.05, 0) is 40.6 Å². The molecule has 4 nitrogen and oxygen atoms in total. The van der Waals surface area contributed by atoms with E-state index in [2.05, 4.69) is 71.2 Å². The molecule has 0 aromatic carbocycles. The highest BCUT2D eigenvalue weighted by molar-refractivity contribution is 9.10. The smallest absolute Gasteiger partial charge is 0.145 e. The van der Waals surface area contributed by atoms with Crippen molar-refractivity contribution in [1.82, 2.24) is 9.97 Å². The van der Waals surface area contributed by atoms with E-state index in [4.69, 9.17) is 0 Å². The van der Waals surface area contributed by atoms with Crippen molar-refractivity contribution in [3.63, 3.8) is 0 Å². The topological polar surface area (TPSA) is 49.8 Å². The fraction of sp³-hybridized carbons (Fsp3) is 0.714. The number of anilines is 2. The molecule has 108 valence electrons. The van der Waals surface area contributed by atoms with Gasteiger partial charge in [0.1, 0.15) is 22.4 Å². The average Bonchev–Trinajstić information content (AvgIpc) is 2.33. The molecule has 1 aromatic rings. The lowest BCUT2D eigenvalue weighted by Gasteiger charge is -2.25. The summed E-state index contributed by atoms with van der Waals surface area (Å²) in [5.74, 6) is 3.63. The van der Waals surface area contributed by atoms with E-state index in [1.54, 1.807) is 6.33 Å². The van der Waals surface area contributed by atoms with E-state index in [1.165, 1.54) is 0 Å².